The highest BCUT2D eigenvalue weighted by atomic mass is 19.4. The molecular formula is C23H19F3N2O. The number of benzene rings is 2. The van der Waals surface area contributed by atoms with Crippen molar-refractivity contribution in [2.45, 2.75) is 24.6 Å². The predicted molar refractivity (Wildman–Crippen MR) is 103 cm³/mol. The number of amides is 1. The lowest BCUT2D eigenvalue weighted by atomic mass is 9.98. The van der Waals surface area contributed by atoms with Crippen LogP contribution in [0.4, 0.5) is 13.2 Å². The van der Waals surface area contributed by atoms with Gasteiger partial charge in [-0.25, -0.2) is 0 Å². The van der Waals surface area contributed by atoms with Crippen LogP contribution in [0.1, 0.15) is 40.6 Å². The number of halogens is 3. The molecule has 1 saturated carbocycles. The fourth-order valence-corrected chi connectivity index (χ4v) is 3.72. The summed E-state index contributed by atoms with van der Waals surface area (Å²) < 4.78 is 39.9. The van der Waals surface area contributed by atoms with E-state index in [1.807, 2.05) is 42.5 Å². The van der Waals surface area contributed by atoms with Crippen LogP contribution in [0.2, 0.25) is 0 Å². The zero-order valence-corrected chi connectivity index (χ0v) is 15.4. The zero-order valence-electron chi connectivity index (χ0n) is 15.4. The monoisotopic (exact) mass is 396 g/mol. The van der Waals surface area contributed by atoms with Gasteiger partial charge in [-0.15, -0.1) is 0 Å². The summed E-state index contributed by atoms with van der Waals surface area (Å²) in [6, 6.07) is 18.2. The molecule has 3 atom stereocenters. The molecule has 1 fully saturated rings. The van der Waals surface area contributed by atoms with E-state index in [4.69, 9.17) is 0 Å². The molecule has 1 heterocycles. The minimum atomic E-state index is -4.43. The molecule has 1 amide bonds. The molecular weight excluding hydrogens is 377 g/mol. The Hall–Kier alpha value is -3.15. The number of carbonyl (C=O) groups excluding carboxylic acids is 1. The van der Waals surface area contributed by atoms with E-state index in [0.717, 1.165) is 17.2 Å². The number of aromatic nitrogens is 1. The van der Waals surface area contributed by atoms with Gasteiger partial charge in [0.25, 0.3) is 0 Å². The molecule has 6 heteroatoms. The summed E-state index contributed by atoms with van der Waals surface area (Å²) >= 11 is 0. The molecule has 0 aliphatic heterocycles. The predicted octanol–water partition coefficient (Wildman–Crippen LogP) is 5.11. The van der Waals surface area contributed by atoms with Crippen LogP contribution in [-0.4, -0.2) is 10.9 Å². The number of carbonyl (C=O) groups is 1. The summed E-state index contributed by atoms with van der Waals surface area (Å²) in [7, 11) is 0. The third-order valence-corrected chi connectivity index (χ3v) is 5.25. The second kappa shape index (κ2) is 7.70. The lowest BCUT2D eigenvalue weighted by Gasteiger charge is -2.20. The van der Waals surface area contributed by atoms with Gasteiger partial charge in [-0.05, 0) is 47.2 Å². The highest BCUT2D eigenvalue weighted by Gasteiger charge is 2.48. The lowest BCUT2D eigenvalue weighted by molar-refractivity contribution is -0.138. The Morgan fingerprint density at radius 2 is 1.55 bits per heavy atom. The van der Waals surface area contributed by atoms with Gasteiger partial charge in [-0.3, -0.25) is 9.78 Å². The van der Waals surface area contributed by atoms with E-state index < -0.39 is 23.6 Å². The van der Waals surface area contributed by atoms with Crippen LogP contribution in [0.15, 0.2) is 79.1 Å². The molecule has 1 N–H and O–H groups in total. The molecule has 148 valence electrons. The van der Waals surface area contributed by atoms with Crippen LogP contribution in [0.25, 0.3) is 0 Å². The van der Waals surface area contributed by atoms with Gasteiger partial charge in [0.15, 0.2) is 0 Å². The average molecular weight is 396 g/mol. The van der Waals surface area contributed by atoms with Crippen molar-refractivity contribution in [3.05, 3.63) is 101 Å². The molecule has 4 rings (SSSR count). The van der Waals surface area contributed by atoms with Gasteiger partial charge in [0.2, 0.25) is 5.91 Å². The molecule has 0 bridgehead atoms. The Morgan fingerprint density at radius 3 is 2.24 bits per heavy atom. The summed E-state index contributed by atoms with van der Waals surface area (Å²) in [6.45, 7) is 0. The molecule has 3 aromatic rings. The number of pyridine rings is 1. The van der Waals surface area contributed by atoms with Crippen molar-refractivity contribution in [3.8, 4) is 0 Å². The Balaban J connectivity index is 1.55. The van der Waals surface area contributed by atoms with Gasteiger partial charge in [-0.1, -0.05) is 48.5 Å². The fourth-order valence-electron chi connectivity index (χ4n) is 3.72. The van der Waals surface area contributed by atoms with Crippen LogP contribution in [-0.2, 0) is 11.0 Å². The Labute approximate surface area is 166 Å². The quantitative estimate of drug-likeness (QED) is 0.651. The first-order chi connectivity index (χ1) is 13.9. The maximum absolute atomic E-state index is 13.3. The van der Waals surface area contributed by atoms with Gasteiger partial charge >= 0.3 is 6.18 Å². The molecule has 1 aromatic heterocycles. The van der Waals surface area contributed by atoms with Gasteiger partial charge in [-0.2, -0.15) is 13.2 Å². The second-order valence-corrected chi connectivity index (χ2v) is 7.17. The van der Waals surface area contributed by atoms with E-state index in [0.29, 0.717) is 6.42 Å². The van der Waals surface area contributed by atoms with Crippen molar-refractivity contribution in [1.82, 2.24) is 10.3 Å². The van der Waals surface area contributed by atoms with Crippen LogP contribution < -0.4 is 5.32 Å². The number of hydrogen-bond acceptors (Lipinski definition) is 2. The van der Waals surface area contributed by atoms with Crippen LogP contribution in [0, 0.1) is 5.92 Å². The Morgan fingerprint density at radius 1 is 0.931 bits per heavy atom. The van der Waals surface area contributed by atoms with E-state index in [1.165, 1.54) is 12.1 Å². The summed E-state index contributed by atoms with van der Waals surface area (Å²) in [6.07, 6.45) is -0.714. The first-order valence-electron chi connectivity index (χ1n) is 9.36. The van der Waals surface area contributed by atoms with Crippen LogP contribution in [0.5, 0.6) is 0 Å². The van der Waals surface area contributed by atoms with E-state index in [2.05, 4.69) is 10.3 Å². The van der Waals surface area contributed by atoms with Crippen molar-refractivity contribution in [1.29, 1.82) is 0 Å². The van der Waals surface area contributed by atoms with Gasteiger partial charge in [0.05, 0.1) is 11.6 Å². The SMILES string of the molecule is O=C(NC(c1ccccc1)c1ccncc1)C1CC1c1ccccc1C(F)(F)F. The van der Waals surface area contributed by atoms with Crippen molar-refractivity contribution >= 4 is 5.91 Å². The molecule has 1 aliphatic carbocycles. The summed E-state index contributed by atoms with van der Waals surface area (Å²) in [5, 5.41) is 3.02. The molecule has 3 nitrogen and oxygen atoms in total. The van der Waals surface area contributed by atoms with Crippen molar-refractivity contribution in [2.75, 3.05) is 0 Å². The van der Waals surface area contributed by atoms with E-state index in [1.54, 1.807) is 18.5 Å². The molecule has 0 spiro atoms. The van der Waals surface area contributed by atoms with Gasteiger partial charge < -0.3 is 5.32 Å². The number of nitrogens with one attached hydrogen (secondary N) is 1. The minimum Gasteiger partial charge on any atom is -0.345 e. The second-order valence-electron chi connectivity index (χ2n) is 7.17. The minimum absolute atomic E-state index is 0.195. The molecule has 3 unspecified atom stereocenters. The standard InChI is InChI=1S/C23H19F3N2O/c24-23(25,26)20-9-5-4-8-17(20)18-14-19(18)22(29)28-21(15-6-2-1-3-7-15)16-10-12-27-13-11-16/h1-13,18-19,21H,14H2,(H,28,29). The molecule has 1 aliphatic rings. The first kappa shape index (κ1) is 19.2. The third kappa shape index (κ3) is 4.16. The van der Waals surface area contributed by atoms with Crippen LogP contribution >= 0.6 is 0 Å². The fraction of sp³-hybridized carbons (Fsp3) is 0.217. The third-order valence-electron chi connectivity index (χ3n) is 5.25. The highest BCUT2D eigenvalue weighted by Crippen LogP contribution is 2.51. The Bertz CT molecular complexity index is 950. The maximum Gasteiger partial charge on any atom is 0.416 e. The molecule has 2 aromatic carbocycles. The number of rotatable bonds is 5. The van der Waals surface area contributed by atoms with Gasteiger partial charge in [0, 0.05) is 18.3 Å². The van der Waals surface area contributed by atoms with Crippen molar-refractivity contribution < 1.29 is 18.0 Å². The lowest BCUT2D eigenvalue weighted by Crippen LogP contribution is -2.31. The summed E-state index contributed by atoms with van der Waals surface area (Å²) in [4.78, 5) is 16.9. The maximum atomic E-state index is 13.3. The average Bonchev–Trinajstić information content (AvgIpc) is 3.53. The molecule has 0 saturated heterocycles. The zero-order chi connectivity index (χ0) is 20.4. The summed E-state index contributed by atoms with van der Waals surface area (Å²) in [5.41, 5.74) is 1.31. The first-order valence-corrected chi connectivity index (χ1v) is 9.36. The van der Waals surface area contributed by atoms with E-state index in [-0.39, 0.29) is 17.5 Å². The Kier molecular flexibility index (Phi) is 5.09. The van der Waals surface area contributed by atoms with Crippen molar-refractivity contribution in [3.63, 3.8) is 0 Å². The number of hydrogen-bond donors (Lipinski definition) is 1. The van der Waals surface area contributed by atoms with E-state index >= 15 is 0 Å². The summed E-state index contributed by atoms with van der Waals surface area (Å²) in [5.74, 6) is -1.12. The molecule has 0 radical (unpaired) electrons. The topological polar surface area (TPSA) is 42.0 Å². The normalized spacial score (nSPS) is 19.4. The van der Waals surface area contributed by atoms with Crippen molar-refractivity contribution in [2.24, 2.45) is 5.92 Å². The largest absolute Gasteiger partial charge is 0.416 e. The van der Waals surface area contributed by atoms with Gasteiger partial charge in [0.1, 0.15) is 0 Å². The highest BCUT2D eigenvalue weighted by molar-refractivity contribution is 5.83. The number of alkyl halides is 3. The number of nitrogens with zero attached hydrogens (tertiary/aromatic N) is 1. The van der Waals surface area contributed by atoms with Crippen LogP contribution in [0.3, 0.4) is 0 Å². The smallest absolute Gasteiger partial charge is 0.345 e. The molecule has 29 heavy (non-hydrogen) atoms. The van der Waals surface area contributed by atoms with E-state index in [9.17, 15) is 18.0 Å².